The molecule has 4 atom stereocenters. The van der Waals surface area contributed by atoms with Gasteiger partial charge in [-0.15, -0.1) is 0 Å². The summed E-state index contributed by atoms with van der Waals surface area (Å²) in [5.41, 5.74) is 0.913. The maximum atomic E-state index is 12.3. The van der Waals surface area contributed by atoms with Crippen LogP contribution >= 0.6 is 0 Å². The summed E-state index contributed by atoms with van der Waals surface area (Å²) in [6, 6.07) is 9.66. The van der Waals surface area contributed by atoms with E-state index in [0.29, 0.717) is 11.8 Å². The highest BCUT2D eigenvalue weighted by Crippen LogP contribution is 2.29. The molecular formula is C20H27NO3. The molecule has 0 aliphatic heterocycles. The number of hydrogen-bond acceptors (Lipinski definition) is 3. The smallest absolute Gasteiger partial charge is 0.331 e. The molecule has 1 N–H and O–H groups in total. The Morgan fingerprint density at radius 2 is 1.92 bits per heavy atom. The van der Waals surface area contributed by atoms with Crippen LogP contribution in [0.5, 0.6) is 0 Å². The molecule has 0 saturated heterocycles. The van der Waals surface area contributed by atoms with Gasteiger partial charge in [0.2, 0.25) is 0 Å². The van der Waals surface area contributed by atoms with E-state index in [1.807, 2.05) is 30.3 Å². The lowest BCUT2D eigenvalue weighted by Gasteiger charge is -2.35. The van der Waals surface area contributed by atoms with Crippen LogP contribution in [0, 0.1) is 11.8 Å². The van der Waals surface area contributed by atoms with Gasteiger partial charge in [-0.2, -0.15) is 0 Å². The summed E-state index contributed by atoms with van der Waals surface area (Å²) < 4.78 is 5.20. The van der Waals surface area contributed by atoms with E-state index in [1.165, 1.54) is 12.5 Å². The first-order valence-corrected chi connectivity index (χ1v) is 8.71. The van der Waals surface area contributed by atoms with Gasteiger partial charge in [-0.3, -0.25) is 4.79 Å². The lowest BCUT2D eigenvalue weighted by molar-refractivity contribution is -0.150. The van der Waals surface area contributed by atoms with Crippen molar-refractivity contribution in [3.63, 3.8) is 0 Å². The number of rotatable bonds is 5. The summed E-state index contributed by atoms with van der Waals surface area (Å²) in [5.74, 6) is 0.327. The average molecular weight is 329 g/mol. The summed E-state index contributed by atoms with van der Waals surface area (Å²) in [6.45, 7) is 6.01. The van der Waals surface area contributed by atoms with Crippen LogP contribution in [0.2, 0.25) is 0 Å². The Morgan fingerprint density at radius 3 is 2.62 bits per heavy atom. The monoisotopic (exact) mass is 329 g/mol. The summed E-state index contributed by atoms with van der Waals surface area (Å²) in [6.07, 6.45) is 5.57. The van der Waals surface area contributed by atoms with Crippen molar-refractivity contribution in [1.82, 2.24) is 5.32 Å². The SMILES string of the molecule is C[C@@H]1[C@H](C)CCC[C@H]1NC(=O)[C@@H](C)OC(=O)/C=C/c1ccccc1. The van der Waals surface area contributed by atoms with Crippen LogP contribution in [-0.2, 0) is 14.3 Å². The third-order valence-electron chi connectivity index (χ3n) is 4.91. The fourth-order valence-corrected chi connectivity index (χ4v) is 3.08. The van der Waals surface area contributed by atoms with Crippen LogP contribution in [0.4, 0.5) is 0 Å². The van der Waals surface area contributed by atoms with Crippen LogP contribution < -0.4 is 5.32 Å². The zero-order chi connectivity index (χ0) is 17.5. The van der Waals surface area contributed by atoms with E-state index in [9.17, 15) is 9.59 Å². The molecule has 1 aliphatic rings. The standard InChI is InChI=1S/C20H27NO3/c1-14-8-7-11-18(15(14)2)21-20(23)16(3)24-19(22)13-12-17-9-5-4-6-10-17/h4-6,9-10,12-16,18H,7-8,11H2,1-3H3,(H,21,23)/b13-12+/t14-,15-,16-,18-/m1/s1. The lowest BCUT2D eigenvalue weighted by Crippen LogP contribution is -2.47. The average Bonchev–Trinajstić information content (AvgIpc) is 2.58. The maximum Gasteiger partial charge on any atom is 0.331 e. The minimum atomic E-state index is -0.789. The second-order valence-electron chi connectivity index (χ2n) is 6.71. The van der Waals surface area contributed by atoms with Gasteiger partial charge in [0.25, 0.3) is 5.91 Å². The van der Waals surface area contributed by atoms with Crippen molar-refractivity contribution in [2.45, 2.75) is 52.2 Å². The predicted molar refractivity (Wildman–Crippen MR) is 95.1 cm³/mol. The molecule has 0 aromatic heterocycles. The second kappa shape index (κ2) is 8.67. The van der Waals surface area contributed by atoms with Crippen molar-refractivity contribution in [3.8, 4) is 0 Å². The van der Waals surface area contributed by atoms with Crippen LogP contribution in [0.1, 0.15) is 45.6 Å². The number of esters is 1. The number of ether oxygens (including phenoxy) is 1. The number of carbonyl (C=O) groups is 2. The van der Waals surface area contributed by atoms with Crippen molar-refractivity contribution in [2.75, 3.05) is 0 Å². The molecule has 1 aliphatic carbocycles. The van der Waals surface area contributed by atoms with Crippen molar-refractivity contribution in [3.05, 3.63) is 42.0 Å². The Balaban J connectivity index is 1.82. The minimum absolute atomic E-state index is 0.169. The molecule has 0 spiro atoms. The second-order valence-corrected chi connectivity index (χ2v) is 6.71. The highest BCUT2D eigenvalue weighted by Gasteiger charge is 2.29. The molecule has 4 nitrogen and oxygen atoms in total. The number of nitrogens with one attached hydrogen (secondary N) is 1. The number of carbonyl (C=O) groups excluding carboxylic acids is 2. The molecule has 1 amide bonds. The van der Waals surface area contributed by atoms with Crippen molar-refractivity contribution >= 4 is 18.0 Å². The van der Waals surface area contributed by atoms with E-state index in [4.69, 9.17) is 4.74 Å². The van der Waals surface area contributed by atoms with Crippen LogP contribution in [-0.4, -0.2) is 24.0 Å². The van der Waals surface area contributed by atoms with Gasteiger partial charge in [-0.1, -0.05) is 57.0 Å². The molecule has 1 aromatic carbocycles. The van der Waals surface area contributed by atoms with Crippen LogP contribution in [0.25, 0.3) is 6.08 Å². The van der Waals surface area contributed by atoms with Gasteiger partial charge in [0.1, 0.15) is 0 Å². The molecule has 0 radical (unpaired) electrons. The normalized spacial score (nSPS) is 25.2. The van der Waals surface area contributed by atoms with Crippen molar-refractivity contribution in [2.24, 2.45) is 11.8 Å². The zero-order valence-corrected chi connectivity index (χ0v) is 14.7. The Morgan fingerprint density at radius 1 is 1.21 bits per heavy atom. The third-order valence-corrected chi connectivity index (χ3v) is 4.91. The number of hydrogen-bond donors (Lipinski definition) is 1. The largest absolute Gasteiger partial charge is 0.449 e. The molecule has 1 saturated carbocycles. The van der Waals surface area contributed by atoms with Crippen LogP contribution in [0.3, 0.4) is 0 Å². The Kier molecular flexibility index (Phi) is 6.59. The zero-order valence-electron chi connectivity index (χ0n) is 14.7. The van der Waals surface area contributed by atoms with Gasteiger partial charge in [0.05, 0.1) is 0 Å². The van der Waals surface area contributed by atoms with Crippen LogP contribution in [0.15, 0.2) is 36.4 Å². The maximum absolute atomic E-state index is 12.3. The first-order chi connectivity index (χ1) is 11.5. The quantitative estimate of drug-likeness (QED) is 0.664. The molecule has 130 valence electrons. The first kappa shape index (κ1) is 18.2. The molecule has 0 unspecified atom stereocenters. The molecule has 0 heterocycles. The molecule has 0 bridgehead atoms. The van der Waals surface area contributed by atoms with E-state index in [-0.39, 0.29) is 11.9 Å². The molecule has 1 aromatic rings. The highest BCUT2D eigenvalue weighted by molar-refractivity contribution is 5.90. The fraction of sp³-hybridized carbons (Fsp3) is 0.500. The molecule has 4 heteroatoms. The number of benzene rings is 1. The van der Waals surface area contributed by atoms with E-state index in [0.717, 1.165) is 18.4 Å². The van der Waals surface area contributed by atoms with E-state index in [1.54, 1.807) is 13.0 Å². The lowest BCUT2D eigenvalue weighted by atomic mass is 9.78. The number of amides is 1. The summed E-state index contributed by atoms with van der Waals surface area (Å²) >= 11 is 0. The molecule has 1 fully saturated rings. The van der Waals surface area contributed by atoms with E-state index in [2.05, 4.69) is 19.2 Å². The van der Waals surface area contributed by atoms with E-state index < -0.39 is 12.1 Å². The Labute approximate surface area is 144 Å². The van der Waals surface area contributed by atoms with Crippen molar-refractivity contribution in [1.29, 1.82) is 0 Å². The van der Waals surface area contributed by atoms with Gasteiger partial charge in [0.15, 0.2) is 6.10 Å². The third kappa shape index (κ3) is 5.22. The molecule has 2 rings (SSSR count). The summed E-state index contributed by atoms with van der Waals surface area (Å²) in [5, 5.41) is 3.04. The summed E-state index contributed by atoms with van der Waals surface area (Å²) in [7, 11) is 0. The van der Waals surface area contributed by atoms with Gasteiger partial charge < -0.3 is 10.1 Å². The van der Waals surface area contributed by atoms with Gasteiger partial charge >= 0.3 is 5.97 Å². The van der Waals surface area contributed by atoms with Crippen molar-refractivity contribution < 1.29 is 14.3 Å². The fourth-order valence-electron chi connectivity index (χ4n) is 3.08. The topological polar surface area (TPSA) is 55.4 Å². The molecular weight excluding hydrogens is 302 g/mol. The Bertz CT molecular complexity index is 582. The summed E-state index contributed by atoms with van der Waals surface area (Å²) in [4.78, 5) is 24.1. The highest BCUT2D eigenvalue weighted by atomic mass is 16.5. The first-order valence-electron chi connectivity index (χ1n) is 8.71. The van der Waals surface area contributed by atoms with E-state index >= 15 is 0 Å². The Hall–Kier alpha value is -2.10. The minimum Gasteiger partial charge on any atom is -0.449 e. The molecule has 24 heavy (non-hydrogen) atoms. The van der Waals surface area contributed by atoms with Gasteiger partial charge in [-0.25, -0.2) is 4.79 Å². The predicted octanol–water partition coefficient (Wildman–Crippen LogP) is 3.57. The van der Waals surface area contributed by atoms with Gasteiger partial charge in [-0.05, 0) is 36.8 Å². The van der Waals surface area contributed by atoms with Gasteiger partial charge in [0, 0.05) is 12.1 Å².